The van der Waals surface area contributed by atoms with Crippen LogP contribution >= 0.6 is 0 Å². The average molecular weight is 464 g/mol. The molecule has 0 heterocycles. The number of benzene rings is 2. The summed E-state index contributed by atoms with van der Waals surface area (Å²) in [6.45, 7) is 0.0241. The molecule has 0 atom stereocenters. The summed E-state index contributed by atoms with van der Waals surface area (Å²) in [5, 5.41) is 18.4. The van der Waals surface area contributed by atoms with Gasteiger partial charge >= 0.3 is 5.69 Å². The Labute approximate surface area is 160 Å². The van der Waals surface area contributed by atoms with Gasteiger partial charge in [0.2, 0.25) is 5.82 Å². The number of anilines is 1. The minimum Gasteiger partial charge on any atom is -0.396 e. The molecular weight excluding hydrogens is 451 g/mol. The molecule has 0 fully saturated rings. The van der Waals surface area contributed by atoms with Gasteiger partial charge < -0.3 is 18.9 Å². The first-order valence-electron chi connectivity index (χ1n) is 6.18. The van der Waals surface area contributed by atoms with E-state index in [4.69, 9.17) is 16.7 Å². The number of rotatable bonds is 2. The smallest absolute Gasteiger partial charge is 0.306 e. The van der Waals surface area contributed by atoms with E-state index in [1.165, 1.54) is 12.1 Å². The molecule has 6 nitrogen and oxygen atoms in total. The van der Waals surface area contributed by atoms with Gasteiger partial charge in [-0.3, -0.25) is 10.1 Å². The van der Waals surface area contributed by atoms with E-state index in [1.54, 1.807) is 0 Å². The molecule has 2 aromatic rings. The molecule has 0 spiro atoms. The van der Waals surface area contributed by atoms with Crippen molar-refractivity contribution in [3.63, 3.8) is 0 Å². The van der Waals surface area contributed by atoms with Crippen molar-refractivity contribution in [2.24, 2.45) is 5.73 Å². The van der Waals surface area contributed by atoms with Gasteiger partial charge in [0.05, 0.1) is 16.2 Å². The van der Waals surface area contributed by atoms with E-state index in [2.05, 4.69) is 0 Å². The van der Waals surface area contributed by atoms with Gasteiger partial charge in [-0.2, -0.15) is 9.65 Å². The van der Waals surface area contributed by atoms with E-state index in [0.29, 0.717) is 12.1 Å². The van der Waals surface area contributed by atoms with Crippen molar-refractivity contribution in [1.29, 1.82) is 5.26 Å². The van der Waals surface area contributed by atoms with Crippen molar-refractivity contribution < 1.29 is 42.9 Å². The van der Waals surface area contributed by atoms with Gasteiger partial charge in [-0.05, 0) is 6.07 Å². The van der Waals surface area contributed by atoms with E-state index in [1.807, 2.05) is 0 Å². The minimum atomic E-state index is -1.29. The number of nitrogens with zero attached hydrogens (tertiary/aromatic N) is 2. The zero-order valence-electron chi connectivity index (χ0n) is 13.2. The Balaban J connectivity index is 0. The van der Waals surface area contributed by atoms with Gasteiger partial charge in [-0.15, -0.1) is 0 Å². The number of nitrogen functional groups attached to an aromatic ring is 1. The molecule has 26 heavy (non-hydrogen) atoms. The van der Waals surface area contributed by atoms with Crippen LogP contribution < -0.4 is 11.5 Å². The summed E-state index contributed by atoms with van der Waals surface area (Å²) in [6.07, 6.45) is 0. The molecule has 0 bridgehead atoms. The van der Waals surface area contributed by atoms with E-state index in [9.17, 15) is 27.7 Å². The van der Waals surface area contributed by atoms with Gasteiger partial charge in [0, 0.05) is 50.7 Å². The molecule has 0 saturated heterocycles. The third-order valence-electron chi connectivity index (χ3n) is 2.74. The zero-order valence-corrected chi connectivity index (χ0v) is 14.8. The van der Waals surface area contributed by atoms with Crippen LogP contribution in [0.2, 0.25) is 0 Å². The number of halogens is 4. The predicted molar refractivity (Wildman–Crippen MR) is 82.8 cm³/mol. The fourth-order valence-electron chi connectivity index (χ4n) is 1.53. The summed E-state index contributed by atoms with van der Waals surface area (Å²) < 4.78 is 50.4. The second-order valence-electron chi connectivity index (χ2n) is 4.32. The summed E-state index contributed by atoms with van der Waals surface area (Å²) in [4.78, 5) is 9.12. The number of hydrogen-bond donors (Lipinski definition) is 2. The second kappa shape index (κ2) is 11.2. The molecule has 0 unspecified atom stereocenters. The monoisotopic (exact) mass is 463 g/mol. The third-order valence-corrected chi connectivity index (χ3v) is 2.74. The van der Waals surface area contributed by atoms with Crippen LogP contribution in [-0.2, 0) is 27.0 Å². The van der Waals surface area contributed by atoms with Crippen molar-refractivity contribution >= 4 is 11.4 Å². The fourth-order valence-corrected chi connectivity index (χ4v) is 1.53. The summed E-state index contributed by atoms with van der Waals surface area (Å²) in [5.74, 6) is -3.80. The molecule has 2 aromatic carbocycles. The van der Waals surface area contributed by atoms with Crippen LogP contribution in [0.4, 0.5) is 28.9 Å². The maximum atomic E-state index is 12.7. The van der Waals surface area contributed by atoms with Crippen LogP contribution in [0.5, 0.6) is 0 Å². The van der Waals surface area contributed by atoms with E-state index in [0.717, 1.165) is 6.07 Å². The first kappa shape index (κ1) is 25.7. The fraction of sp³-hybridized carbons (Fsp3) is 0.0667. The molecule has 0 amide bonds. The van der Waals surface area contributed by atoms with Gasteiger partial charge in [-0.25, -0.2) is 13.2 Å². The molecule has 0 aliphatic heterocycles. The van der Waals surface area contributed by atoms with Crippen molar-refractivity contribution in [3.8, 4) is 6.07 Å². The Bertz CT molecular complexity index is 828. The molecule has 0 saturated carbocycles. The standard InChI is InChI=1S/C7H2F2N2O2.C7H8F2N2.CH3.Pd/c8-5-2-6(9)7(11(12)13)1-4(5)3-10;8-5-2-6(9)7(11)1-4(5)3-10;;/h1-2H;1-2H,3,10-11H2;1H3;/q;;-1;. The molecule has 0 aromatic heterocycles. The molecule has 144 valence electrons. The van der Waals surface area contributed by atoms with Crippen molar-refractivity contribution in [2.75, 3.05) is 5.73 Å². The van der Waals surface area contributed by atoms with E-state index in [-0.39, 0.29) is 45.6 Å². The normalized spacial score (nSPS) is 8.92. The molecule has 4 N–H and O–H groups in total. The van der Waals surface area contributed by atoms with Gasteiger partial charge in [0.25, 0.3) is 0 Å². The molecule has 11 heteroatoms. The summed E-state index contributed by atoms with van der Waals surface area (Å²) in [7, 11) is 0. The summed E-state index contributed by atoms with van der Waals surface area (Å²) in [5.41, 5.74) is 9.02. The molecular formula is C15H13F4N4O2Pd-. The number of nitrogens with two attached hydrogens (primary N) is 2. The number of nitro groups is 1. The van der Waals surface area contributed by atoms with E-state index >= 15 is 0 Å². The number of hydrogen-bond acceptors (Lipinski definition) is 5. The van der Waals surface area contributed by atoms with Crippen LogP contribution in [0, 0.1) is 52.1 Å². The Morgan fingerprint density at radius 1 is 1.04 bits per heavy atom. The van der Waals surface area contributed by atoms with Crippen molar-refractivity contribution in [3.05, 3.63) is 76.2 Å². The van der Waals surface area contributed by atoms with Crippen LogP contribution in [0.1, 0.15) is 11.1 Å². The Morgan fingerprint density at radius 3 is 2.04 bits per heavy atom. The maximum Gasteiger partial charge on any atom is 0.306 e. The van der Waals surface area contributed by atoms with Crippen molar-refractivity contribution in [1.82, 2.24) is 0 Å². The van der Waals surface area contributed by atoms with Gasteiger partial charge in [-0.1, -0.05) is 0 Å². The molecule has 0 aliphatic carbocycles. The topological polar surface area (TPSA) is 119 Å². The summed E-state index contributed by atoms with van der Waals surface area (Å²) >= 11 is 0. The molecule has 0 radical (unpaired) electrons. The van der Waals surface area contributed by atoms with Crippen LogP contribution in [-0.4, -0.2) is 4.92 Å². The third kappa shape index (κ3) is 6.41. The minimum absolute atomic E-state index is 0. The second-order valence-corrected chi connectivity index (χ2v) is 4.32. The SMILES string of the molecule is N#Cc1cc([N+](=O)[O-])c(F)cc1F.NCc1cc(N)c(F)cc1F.[CH3-].[Pd]. The summed E-state index contributed by atoms with van der Waals surface area (Å²) in [6, 6.07) is 4.18. The number of nitro benzene ring substituents is 1. The maximum absolute atomic E-state index is 12.7. The average Bonchev–Trinajstić information content (AvgIpc) is 2.51. The quantitative estimate of drug-likeness (QED) is 0.177. The first-order chi connectivity index (χ1) is 11.2. The molecule has 0 aliphatic rings. The molecule has 2 rings (SSSR count). The number of nitriles is 1. The van der Waals surface area contributed by atoms with Gasteiger partial charge in [0.1, 0.15) is 23.5 Å². The predicted octanol–water partition coefficient (Wildman–Crippen LogP) is 3.20. The Hall–Kier alpha value is -2.53. The zero-order chi connectivity index (χ0) is 18.4. The largest absolute Gasteiger partial charge is 0.396 e. The van der Waals surface area contributed by atoms with Crippen molar-refractivity contribution in [2.45, 2.75) is 6.54 Å². The Morgan fingerprint density at radius 2 is 1.58 bits per heavy atom. The van der Waals surface area contributed by atoms with Gasteiger partial charge in [0.15, 0.2) is 0 Å². The first-order valence-corrected chi connectivity index (χ1v) is 6.18. The van der Waals surface area contributed by atoms with E-state index < -0.39 is 39.4 Å². The van der Waals surface area contributed by atoms with Crippen LogP contribution in [0.15, 0.2) is 24.3 Å². The van der Waals surface area contributed by atoms with Crippen LogP contribution in [0.25, 0.3) is 0 Å². The van der Waals surface area contributed by atoms with Crippen LogP contribution in [0.3, 0.4) is 0 Å². The Kier molecular flexibility index (Phi) is 11.0.